The van der Waals surface area contributed by atoms with E-state index in [1.165, 1.54) is 98.4 Å². The largest absolute Gasteiger partial charge is 0.0622 e. The van der Waals surface area contributed by atoms with Crippen molar-refractivity contribution in [3.63, 3.8) is 0 Å². The average Bonchev–Trinajstić information content (AvgIpc) is 3.37. The van der Waals surface area contributed by atoms with E-state index < -0.39 is 0 Å². The molecule has 0 amide bonds. The number of fused-ring (bicyclic) bond motifs is 12. The first-order valence-corrected chi connectivity index (χ1v) is 16.6. The van der Waals surface area contributed by atoms with E-state index in [1.807, 2.05) is 0 Å². The van der Waals surface area contributed by atoms with Crippen molar-refractivity contribution in [2.24, 2.45) is 0 Å². The summed E-state index contributed by atoms with van der Waals surface area (Å²) in [4.78, 5) is 0. The van der Waals surface area contributed by atoms with Crippen molar-refractivity contribution in [1.82, 2.24) is 0 Å². The van der Waals surface area contributed by atoms with E-state index in [-0.39, 0.29) is 5.41 Å². The Kier molecular flexibility index (Phi) is 5.44. The van der Waals surface area contributed by atoms with Crippen LogP contribution in [0.3, 0.4) is 0 Å². The number of rotatable bonds is 2. The van der Waals surface area contributed by atoms with Gasteiger partial charge in [-0.3, -0.25) is 0 Å². The maximum Gasteiger partial charge on any atom is 0.0171 e. The first kappa shape index (κ1) is 26.5. The van der Waals surface area contributed by atoms with Crippen LogP contribution >= 0.6 is 0 Å². The van der Waals surface area contributed by atoms with Gasteiger partial charge in [-0.25, -0.2) is 0 Å². The van der Waals surface area contributed by atoms with Crippen LogP contribution in [0.25, 0.3) is 87.2 Å². The topological polar surface area (TPSA) is 0 Å². The van der Waals surface area contributed by atoms with Crippen molar-refractivity contribution in [3.05, 3.63) is 169 Å². The van der Waals surface area contributed by atoms with Crippen LogP contribution in [0.4, 0.5) is 0 Å². The van der Waals surface area contributed by atoms with Crippen molar-refractivity contribution in [2.45, 2.75) is 19.3 Å². The van der Waals surface area contributed by atoms with Gasteiger partial charge in [-0.15, -0.1) is 0 Å². The monoisotopic (exact) mass is 596 g/mol. The lowest BCUT2D eigenvalue weighted by Gasteiger charge is -2.26. The normalized spacial score (nSPS) is 13.5. The summed E-state index contributed by atoms with van der Waals surface area (Å²) in [5.41, 5.74) is 10.6. The summed E-state index contributed by atoms with van der Waals surface area (Å²) >= 11 is 0. The maximum atomic E-state index is 2.54. The van der Waals surface area contributed by atoms with Gasteiger partial charge in [0.05, 0.1) is 0 Å². The second-order valence-electron chi connectivity index (χ2n) is 13.6. The molecule has 9 aromatic carbocycles. The molecule has 0 heterocycles. The fourth-order valence-electron chi connectivity index (χ4n) is 8.98. The van der Waals surface area contributed by atoms with E-state index in [9.17, 15) is 0 Å². The molecule has 0 heteroatoms. The van der Waals surface area contributed by atoms with Crippen LogP contribution in [0.15, 0.2) is 158 Å². The van der Waals surface area contributed by atoms with E-state index in [0.717, 1.165) is 0 Å². The first-order chi connectivity index (χ1) is 23.1. The summed E-state index contributed by atoms with van der Waals surface area (Å²) in [6.45, 7) is 4.87. The first-order valence-electron chi connectivity index (χ1n) is 16.6. The lowest BCUT2D eigenvalue weighted by molar-refractivity contribution is 0.672. The summed E-state index contributed by atoms with van der Waals surface area (Å²) in [7, 11) is 0. The molecule has 9 aromatic rings. The van der Waals surface area contributed by atoms with Gasteiger partial charge in [-0.1, -0.05) is 166 Å². The summed E-state index contributed by atoms with van der Waals surface area (Å²) in [5, 5.41) is 13.2. The second kappa shape index (κ2) is 9.64. The SMILES string of the molecule is CC1(C)c2c(cc(-c3c4ccccc4c(-c4ccccc4)c4ccccc34)c3ccccc23)-c2c1c1ccccc1c1ccccc21. The molecule has 0 radical (unpaired) electrons. The molecule has 0 bridgehead atoms. The minimum absolute atomic E-state index is 0.173. The van der Waals surface area contributed by atoms with Crippen LogP contribution < -0.4 is 0 Å². The maximum absolute atomic E-state index is 2.54. The summed E-state index contributed by atoms with van der Waals surface area (Å²) < 4.78 is 0. The van der Waals surface area contributed by atoms with Crippen LogP contribution in [0.2, 0.25) is 0 Å². The third kappa shape index (κ3) is 3.53. The molecule has 47 heavy (non-hydrogen) atoms. The van der Waals surface area contributed by atoms with Crippen molar-refractivity contribution in [1.29, 1.82) is 0 Å². The van der Waals surface area contributed by atoms with Gasteiger partial charge < -0.3 is 0 Å². The number of benzene rings is 9. The molecule has 0 fully saturated rings. The molecular formula is C47H32. The zero-order valence-electron chi connectivity index (χ0n) is 26.5. The van der Waals surface area contributed by atoms with Crippen LogP contribution in [-0.2, 0) is 5.41 Å². The molecule has 1 aliphatic rings. The average molecular weight is 597 g/mol. The quantitative estimate of drug-likeness (QED) is 0.138. The van der Waals surface area contributed by atoms with Gasteiger partial charge in [0, 0.05) is 5.41 Å². The molecule has 0 saturated heterocycles. The molecule has 220 valence electrons. The van der Waals surface area contributed by atoms with E-state index in [2.05, 4.69) is 172 Å². The molecule has 0 aromatic heterocycles. The lowest BCUT2D eigenvalue weighted by Crippen LogP contribution is -2.16. The highest BCUT2D eigenvalue weighted by atomic mass is 14.4. The Balaban J connectivity index is 1.41. The number of hydrogen-bond donors (Lipinski definition) is 0. The lowest BCUT2D eigenvalue weighted by atomic mass is 9.77. The molecule has 0 atom stereocenters. The Labute approximate surface area is 274 Å². The predicted octanol–water partition coefficient (Wildman–Crippen LogP) is 13.1. The highest BCUT2D eigenvalue weighted by molar-refractivity contribution is 6.26. The molecule has 0 N–H and O–H groups in total. The molecular weight excluding hydrogens is 565 g/mol. The van der Waals surface area contributed by atoms with Crippen molar-refractivity contribution >= 4 is 53.9 Å². The smallest absolute Gasteiger partial charge is 0.0171 e. The Bertz CT molecular complexity index is 2690. The van der Waals surface area contributed by atoms with Gasteiger partial charge in [-0.05, 0) is 104 Å². The van der Waals surface area contributed by atoms with E-state index in [1.54, 1.807) is 0 Å². The zero-order chi connectivity index (χ0) is 31.3. The van der Waals surface area contributed by atoms with Crippen LogP contribution in [0, 0.1) is 0 Å². The molecule has 0 unspecified atom stereocenters. The van der Waals surface area contributed by atoms with Gasteiger partial charge in [0.1, 0.15) is 0 Å². The molecule has 0 nitrogen and oxygen atoms in total. The predicted molar refractivity (Wildman–Crippen MR) is 202 cm³/mol. The van der Waals surface area contributed by atoms with Crippen molar-refractivity contribution < 1.29 is 0 Å². The number of hydrogen-bond acceptors (Lipinski definition) is 0. The summed E-state index contributed by atoms with van der Waals surface area (Å²) in [6.07, 6.45) is 0. The molecule has 0 aliphatic heterocycles. The fourth-order valence-corrected chi connectivity index (χ4v) is 8.98. The summed E-state index contributed by atoms with van der Waals surface area (Å²) in [6, 6.07) is 58.6. The summed E-state index contributed by atoms with van der Waals surface area (Å²) in [5.74, 6) is 0. The Morgan fingerprint density at radius 2 is 0.681 bits per heavy atom. The third-order valence-corrected chi connectivity index (χ3v) is 10.8. The third-order valence-electron chi connectivity index (χ3n) is 10.8. The van der Waals surface area contributed by atoms with Crippen LogP contribution in [0.5, 0.6) is 0 Å². The minimum Gasteiger partial charge on any atom is -0.0622 e. The molecule has 10 rings (SSSR count). The standard InChI is InChI=1S/C47H32/c1-47(2)45-38-26-14-8-20-32(38)40(28-41(45)44-33-21-9-6-18-30(33)31-19-7-15-27-39(31)46(44)47)43-36-24-12-10-22-34(36)42(29-16-4-3-5-17-29)35-23-11-13-25-37(35)43/h3-28H,1-2H3. The zero-order valence-corrected chi connectivity index (χ0v) is 26.5. The minimum atomic E-state index is -0.173. The van der Waals surface area contributed by atoms with Gasteiger partial charge >= 0.3 is 0 Å². The van der Waals surface area contributed by atoms with Crippen molar-refractivity contribution in [3.8, 4) is 33.4 Å². The Morgan fingerprint density at radius 1 is 0.298 bits per heavy atom. The molecule has 0 saturated carbocycles. The van der Waals surface area contributed by atoms with Crippen LogP contribution in [-0.4, -0.2) is 0 Å². The molecule has 1 aliphatic carbocycles. The Hall–Kier alpha value is -5.72. The van der Waals surface area contributed by atoms with Gasteiger partial charge in [0.15, 0.2) is 0 Å². The fraction of sp³-hybridized carbons (Fsp3) is 0.0638. The van der Waals surface area contributed by atoms with Gasteiger partial charge in [-0.2, -0.15) is 0 Å². The Morgan fingerprint density at radius 3 is 1.23 bits per heavy atom. The highest BCUT2D eigenvalue weighted by Gasteiger charge is 2.40. The molecule has 0 spiro atoms. The van der Waals surface area contributed by atoms with E-state index in [0.29, 0.717) is 0 Å². The van der Waals surface area contributed by atoms with Gasteiger partial charge in [0.25, 0.3) is 0 Å². The van der Waals surface area contributed by atoms with Crippen LogP contribution in [0.1, 0.15) is 25.0 Å². The van der Waals surface area contributed by atoms with Crippen molar-refractivity contribution in [2.75, 3.05) is 0 Å². The second-order valence-corrected chi connectivity index (χ2v) is 13.6. The van der Waals surface area contributed by atoms with E-state index in [4.69, 9.17) is 0 Å². The van der Waals surface area contributed by atoms with Gasteiger partial charge in [0.2, 0.25) is 0 Å². The van der Waals surface area contributed by atoms with E-state index >= 15 is 0 Å². The highest BCUT2D eigenvalue weighted by Crippen LogP contribution is 2.58.